The van der Waals surface area contributed by atoms with Gasteiger partial charge in [0.05, 0.1) is 12.1 Å². The quantitative estimate of drug-likeness (QED) is 0.907. The van der Waals surface area contributed by atoms with Crippen molar-refractivity contribution in [2.75, 3.05) is 0 Å². The first-order valence-electron chi connectivity index (χ1n) is 7.24. The molecule has 3 rings (SSSR count). The van der Waals surface area contributed by atoms with E-state index in [1.807, 2.05) is 5.38 Å². The lowest BCUT2D eigenvalue weighted by Gasteiger charge is -2.18. The Morgan fingerprint density at radius 1 is 1.45 bits per heavy atom. The van der Waals surface area contributed by atoms with Crippen LogP contribution in [0.5, 0.6) is 0 Å². The molecule has 1 unspecified atom stereocenters. The number of furan rings is 1. The highest BCUT2D eigenvalue weighted by atomic mass is 32.1. The summed E-state index contributed by atoms with van der Waals surface area (Å²) in [7, 11) is 0. The van der Waals surface area contributed by atoms with Gasteiger partial charge in [-0.05, 0) is 42.9 Å². The maximum absolute atomic E-state index is 12.3. The maximum Gasteiger partial charge on any atom is 0.371 e. The molecule has 0 saturated heterocycles. The van der Waals surface area contributed by atoms with Crippen LogP contribution in [0.2, 0.25) is 0 Å². The van der Waals surface area contributed by atoms with Crippen LogP contribution in [0.15, 0.2) is 21.9 Å². The number of hydrogen-bond acceptors (Lipinski definition) is 4. The SMILES string of the molecule is CC1CCc2c(C(=O)NCc3ccc(C(=O)O)o3)csc2C1. The van der Waals surface area contributed by atoms with Crippen molar-refractivity contribution < 1.29 is 19.1 Å². The van der Waals surface area contributed by atoms with Gasteiger partial charge in [0, 0.05) is 10.3 Å². The molecule has 1 amide bonds. The second-order valence-corrected chi connectivity index (χ2v) is 6.62. The van der Waals surface area contributed by atoms with Gasteiger partial charge in [-0.2, -0.15) is 0 Å². The summed E-state index contributed by atoms with van der Waals surface area (Å²) in [5.41, 5.74) is 1.92. The van der Waals surface area contributed by atoms with Crippen LogP contribution in [0.3, 0.4) is 0 Å². The molecular formula is C16H17NO4S. The van der Waals surface area contributed by atoms with Crippen LogP contribution in [0.25, 0.3) is 0 Å². The summed E-state index contributed by atoms with van der Waals surface area (Å²) in [5.74, 6) is -0.242. The van der Waals surface area contributed by atoms with Crippen molar-refractivity contribution in [2.45, 2.75) is 32.7 Å². The smallest absolute Gasteiger partial charge is 0.371 e. The Morgan fingerprint density at radius 3 is 3.00 bits per heavy atom. The van der Waals surface area contributed by atoms with E-state index < -0.39 is 5.97 Å². The zero-order valence-corrected chi connectivity index (χ0v) is 13.0. The lowest BCUT2D eigenvalue weighted by molar-refractivity contribution is 0.0660. The standard InChI is InChI=1S/C16H17NO4S/c1-9-2-4-11-12(8-22-14(11)6-9)15(18)17-7-10-3-5-13(21-10)16(19)20/h3,5,8-9H,2,4,6-7H2,1H3,(H,17,18)(H,19,20). The van der Waals surface area contributed by atoms with Crippen molar-refractivity contribution in [2.24, 2.45) is 5.92 Å². The molecule has 22 heavy (non-hydrogen) atoms. The van der Waals surface area contributed by atoms with Crippen LogP contribution < -0.4 is 5.32 Å². The van der Waals surface area contributed by atoms with Gasteiger partial charge in [0.2, 0.25) is 5.76 Å². The molecule has 0 fully saturated rings. The Balaban J connectivity index is 1.66. The molecule has 2 N–H and O–H groups in total. The van der Waals surface area contributed by atoms with Gasteiger partial charge in [0.25, 0.3) is 5.91 Å². The zero-order valence-electron chi connectivity index (χ0n) is 12.2. The molecule has 1 aliphatic carbocycles. The summed E-state index contributed by atoms with van der Waals surface area (Å²) >= 11 is 1.65. The van der Waals surface area contributed by atoms with Crippen molar-refractivity contribution in [1.29, 1.82) is 0 Å². The second kappa shape index (κ2) is 5.96. The van der Waals surface area contributed by atoms with Crippen LogP contribution in [-0.2, 0) is 19.4 Å². The number of hydrogen-bond donors (Lipinski definition) is 2. The predicted molar refractivity (Wildman–Crippen MR) is 82.3 cm³/mol. The first kappa shape index (κ1) is 14.8. The Bertz CT molecular complexity index is 716. The summed E-state index contributed by atoms with van der Waals surface area (Å²) in [4.78, 5) is 24.4. The molecule has 2 aromatic rings. The fourth-order valence-corrected chi connectivity index (χ4v) is 3.96. The number of carbonyl (C=O) groups is 2. The van der Waals surface area contributed by atoms with Crippen LogP contribution in [-0.4, -0.2) is 17.0 Å². The highest BCUT2D eigenvalue weighted by Gasteiger charge is 2.23. The topological polar surface area (TPSA) is 79.5 Å². The van der Waals surface area contributed by atoms with Gasteiger partial charge >= 0.3 is 5.97 Å². The van der Waals surface area contributed by atoms with E-state index in [4.69, 9.17) is 9.52 Å². The predicted octanol–water partition coefficient (Wildman–Crippen LogP) is 3.09. The fraction of sp³-hybridized carbons (Fsp3) is 0.375. The largest absolute Gasteiger partial charge is 0.475 e. The van der Waals surface area contributed by atoms with E-state index in [0.29, 0.717) is 11.7 Å². The summed E-state index contributed by atoms with van der Waals surface area (Å²) in [5, 5.41) is 13.5. The van der Waals surface area contributed by atoms with Crippen LogP contribution >= 0.6 is 11.3 Å². The number of carbonyl (C=O) groups excluding carboxylic acids is 1. The lowest BCUT2D eigenvalue weighted by atomic mass is 9.88. The van der Waals surface area contributed by atoms with Crippen molar-refractivity contribution in [3.8, 4) is 0 Å². The number of rotatable bonds is 4. The minimum absolute atomic E-state index is 0.119. The molecule has 0 aliphatic heterocycles. The van der Waals surface area contributed by atoms with Gasteiger partial charge in [-0.3, -0.25) is 4.79 Å². The van der Waals surface area contributed by atoms with Crippen LogP contribution in [0.1, 0.15) is 50.5 Å². The summed E-state index contributed by atoms with van der Waals surface area (Å²) in [6.07, 6.45) is 3.12. The number of fused-ring (bicyclic) bond motifs is 1. The first-order chi connectivity index (χ1) is 10.5. The van der Waals surface area contributed by atoms with Gasteiger partial charge in [0.15, 0.2) is 0 Å². The molecule has 0 radical (unpaired) electrons. The molecule has 2 heterocycles. The number of nitrogens with one attached hydrogen (secondary N) is 1. The van der Waals surface area contributed by atoms with Gasteiger partial charge in [0.1, 0.15) is 5.76 Å². The number of carboxylic acid groups (broad SMARTS) is 1. The number of thiophene rings is 1. The minimum Gasteiger partial charge on any atom is -0.475 e. The monoisotopic (exact) mass is 319 g/mol. The van der Waals surface area contributed by atoms with E-state index in [2.05, 4.69) is 12.2 Å². The highest BCUT2D eigenvalue weighted by Crippen LogP contribution is 2.32. The normalized spacial score (nSPS) is 17.0. The third-order valence-corrected chi connectivity index (χ3v) is 4.99. The van der Waals surface area contributed by atoms with E-state index in [1.165, 1.54) is 16.5 Å². The summed E-state index contributed by atoms with van der Waals surface area (Å²) in [6, 6.07) is 2.95. The Kier molecular flexibility index (Phi) is 4.02. The minimum atomic E-state index is -1.11. The molecule has 1 aliphatic rings. The van der Waals surface area contributed by atoms with Gasteiger partial charge in [-0.25, -0.2) is 4.79 Å². The average Bonchev–Trinajstić information content (AvgIpc) is 3.11. The Morgan fingerprint density at radius 2 is 2.27 bits per heavy atom. The van der Waals surface area contributed by atoms with Crippen molar-refractivity contribution >= 4 is 23.2 Å². The van der Waals surface area contributed by atoms with Gasteiger partial charge in [-0.1, -0.05) is 6.92 Å². The molecule has 5 nitrogen and oxygen atoms in total. The van der Waals surface area contributed by atoms with E-state index >= 15 is 0 Å². The van der Waals surface area contributed by atoms with Crippen molar-refractivity contribution in [3.63, 3.8) is 0 Å². The molecule has 2 aromatic heterocycles. The second-order valence-electron chi connectivity index (χ2n) is 5.65. The molecule has 1 atom stereocenters. The van der Waals surface area contributed by atoms with Crippen molar-refractivity contribution in [1.82, 2.24) is 5.32 Å². The van der Waals surface area contributed by atoms with Crippen LogP contribution in [0, 0.1) is 5.92 Å². The average molecular weight is 319 g/mol. The van der Waals surface area contributed by atoms with E-state index in [1.54, 1.807) is 17.4 Å². The van der Waals surface area contributed by atoms with Crippen molar-refractivity contribution in [3.05, 3.63) is 45.0 Å². The third-order valence-electron chi connectivity index (χ3n) is 3.94. The molecule has 116 valence electrons. The van der Waals surface area contributed by atoms with Crippen LogP contribution in [0.4, 0.5) is 0 Å². The lowest BCUT2D eigenvalue weighted by Crippen LogP contribution is -2.24. The Hall–Kier alpha value is -2.08. The van der Waals surface area contributed by atoms with E-state index in [9.17, 15) is 9.59 Å². The molecule has 0 bridgehead atoms. The summed E-state index contributed by atoms with van der Waals surface area (Å²) < 4.78 is 5.13. The molecule has 0 saturated carbocycles. The van der Waals surface area contributed by atoms with Gasteiger partial charge < -0.3 is 14.8 Å². The number of aromatic carboxylic acids is 1. The molecule has 0 spiro atoms. The third kappa shape index (κ3) is 2.92. The number of carboxylic acids is 1. The van der Waals surface area contributed by atoms with E-state index in [-0.39, 0.29) is 18.2 Å². The molecule has 0 aromatic carbocycles. The summed E-state index contributed by atoms with van der Waals surface area (Å²) in [6.45, 7) is 2.42. The molecular weight excluding hydrogens is 302 g/mol. The van der Waals surface area contributed by atoms with E-state index in [0.717, 1.165) is 24.8 Å². The highest BCUT2D eigenvalue weighted by molar-refractivity contribution is 7.10. The van der Waals surface area contributed by atoms with Gasteiger partial charge in [-0.15, -0.1) is 11.3 Å². The zero-order chi connectivity index (χ0) is 15.7. The first-order valence-corrected chi connectivity index (χ1v) is 8.12. The fourth-order valence-electron chi connectivity index (χ4n) is 2.72. The Labute approximate surface area is 132 Å². The molecule has 6 heteroatoms. The number of amides is 1. The maximum atomic E-state index is 12.3.